The highest BCUT2D eigenvalue weighted by atomic mass is 127. The van der Waals surface area contributed by atoms with Gasteiger partial charge in [-0.2, -0.15) is 0 Å². The number of hydrogen-bond acceptors (Lipinski definition) is 5. The molecule has 0 aromatic carbocycles. The number of nitrogens with zero attached hydrogens (tertiary/aromatic N) is 4. The number of halogens is 1. The molecule has 1 aliphatic rings. The van der Waals surface area contributed by atoms with Crippen molar-refractivity contribution in [3.8, 4) is 0 Å². The number of fused-ring (bicyclic) bond motifs is 1. The van der Waals surface area contributed by atoms with Gasteiger partial charge in [-0.15, -0.1) is 5.10 Å². The molecule has 1 N–H and O–H groups in total. The average molecular weight is 392 g/mol. The van der Waals surface area contributed by atoms with Crippen LogP contribution in [0.15, 0.2) is 6.20 Å². The van der Waals surface area contributed by atoms with E-state index in [2.05, 4.69) is 44.6 Å². The van der Waals surface area contributed by atoms with E-state index in [1.807, 2.05) is 17.6 Å². The molecule has 0 bridgehead atoms. The largest absolute Gasteiger partial charge is 0.390 e. The van der Waals surface area contributed by atoms with Gasteiger partial charge in [-0.05, 0) is 55.2 Å². The molecular formula is C12H17IN4OS. The van der Waals surface area contributed by atoms with E-state index in [9.17, 15) is 5.11 Å². The maximum absolute atomic E-state index is 10.0. The lowest BCUT2D eigenvalue weighted by atomic mass is 9.83. The summed E-state index contributed by atoms with van der Waals surface area (Å²) in [7, 11) is 2.09. The van der Waals surface area contributed by atoms with E-state index >= 15 is 0 Å². The van der Waals surface area contributed by atoms with Crippen molar-refractivity contribution < 1.29 is 5.11 Å². The van der Waals surface area contributed by atoms with Gasteiger partial charge in [0, 0.05) is 13.1 Å². The van der Waals surface area contributed by atoms with Gasteiger partial charge >= 0.3 is 0 Å². The lowest BCUT2D eigenvalue weighted by molar-refractivity contribution is 0.0175. The highest BCUT2D eigenvalue weighted by Gasteiger charge is 2.31. The molecule has 0 aliphatic heterocycles. The van der Waals surface area contributed by atoms with Crippen LogP contribution in [-0.4, -0.2) is 38.4 Å². The lowest BCUT2D eigenvalue weighted by Gasteiger charge is -2.37. The number of anilines is 1. The van der Waals surface area contributed by atoms with Crippen molar-refractivity contribution in [2.75, 3.05) is 11.9 Å². The van der Waals surface area contributed by atoms with Gasteiger partial charge in [0.05, 0.1) is 11.8 Å². The second-order valence-electron chi connectivity index (χ2n) is 5.51. The normalized spacial score (nSPS) is 27.9. The van der Waals surface area contributed by atoms with Gasteiger partial charge in [-0.25, -0.2) is 9.50 Å². The molecule has 19 heavy (non-hydrogen) atoms. The lowest BCUT2D eigenvalue weighted by Crippen LogP contribution is -2.40. The number of aliphatic hydroxyl groups is 1. The molecule has 1 fully saturated rings. The summed E-state index contributed by atoms with van der Waals surface area (Å²) in [6.07, 6.45) is 5.70. The molecule has 0 atom stereocenters. The quantitative estimate of drug-likeness (QED) is 0.799. The van der Waals surface area contributed by atoms with E-state index in [0.717, 1.165) is 39.5 Å². The van der Waals surface area contributed by atoms with Gasteiger partial charge in [0.2, 0.25) is 10.1 Å². The minimum atomic E-state index is -0.481. The molecule has 0 saturated heterocycles. The smallest absolute Gasteiger partial charge is 0.214 e. The summed E-state index contributed by atoms with van der Waals surface area (Å²) in [6, 6.07) is 0.468. The summed E-state index contributed by atoms with van der Waals surface area (Å²) in [6.45, 7) is 1.93. The van der Waals surface area contributed by atoms with Crippen molar-refractivity contribution in [3.05, 3.63) is 9.90 Å². The Morgan fingerprint density at radius 1 is 1.53 bits per heavy atom. The summed E-state index contributed by atoms with van der Waals surface area (Å²) in [5, 5.41) is 15.6. The second-order valence-corrected chi connectivity index (χ2v) is 7.55. The third kappa shape index (κ3) is 2.73. The fourth-order valence-electron chi connectivity index (χ4n) is 2.57. The summed E-state index contributed by atoms with van der Waals surface area (Å²) in [5.41, 5.74) is -0.481. The second kappa shape index (κ2) is 4.85. The van der Waals surface area contributed by atoms with Crippen LogP contribution in [-0.2, 0) is 0 Å². The van der Waals surface area contributed by atoms with E-state index in [1.165, 1.54) is 0 Å². The first-order valence-corrected chi connectivity index (χ1v) is 8.31. The molecule has 1 aliphatic carbocycles. The number of imidazole rings is 1. The number of rotatable bonds is 2. The summed E-state index contributed by atoms with van der Waals surface area (Å²) in [4.78, 5) is 7.60. The molecule has 3 rings (SSSR count). The Kier molecular flexibility index (Phi) is 3.46. The van der Waals surface area contributed by atoms with Gasteiger partial charge < -0.3 is 10.0 Å². The predicted octanol–water partition coefficient (Wildman–Crippen LogP) is 2.53. The zero-order valence-corrected chi connectivity index (χ0v) is 14.0. The van der Waals surface area contributed by atoms with Crippen LogP contribution in [0.2, 0.25) is 0 Å². The standard InChI is InChI=1S/C12H17IN4OS/c1-12(18)5-3-8(4-6-12)16(2)11-15-17-7-9(13)14-10(17)19-11/h7-8,18H,3-6H2,1-2H3. The van der Waals surface area contributed by atoms with Crippen LogP contribution in [0.1, 0.15) is 32.6 Å². The van der Waals surface area contributed by atoms with Crippen molar-refractivity contribution in [2.45, 2.75) is 44.2 Å². The third-order valence-electron chi connectivity index (χ3n) is 3.88. The van der Waals surface area contributed by atoms with Crippen molar-refractivity contribution in [1.29, 1.82) is 0 Å². The summed E-state index contributed by atoms with van der Waals surface area (Å²) >= 11 is 3.82. The van der Waals surface area contributed by atoms with E-state index < -0.39 is 5.60 Å². The SMILES string of the molecule is CN(c1nn2cc(I)nc2s1)C1CCC(C)(O)CC1. The fraction of sp³-hybridized carbons (Fsp3) is 0.667. The summed E-state index contributed by atoms with van der Waals surface area (Å²) < 4.78 is 2.82. The number of aromatic nitrogens is 3. The Hall–Kier alpha value is -0.410. The highest BCUT2D eigenvalue weighted by molar-refractivity contribution is 14.1. The summed E-state index contributed by atoms with van der Waals surface area (Å²) in [5.74, 6) is 0. The molecule has 7 heteroatoms. The van der Waals surface area contributed by atoms with Crippen LogP contribution < -0.4 is 4.90 Å². The third-order valence-corrected chi connectivity index (χ3v) is 5.42. The van der Waals surface area contributed by atoms with Crippen LogP contribution in [0.25, 0.3) is 4.96 Å². The highest BCUT2D eigenvalue weighted by Crippen LogP contribution is 2.33. The zero-order valence-electron chi connectivity index (χ0n) is 11.0. The molecule has 0 radical (unpaired) electrons. The van der Waals surface area contributed by atoms with Gasteiger partial charge in [0.25, 0.3) is 0 Å². The zero-order chi connectivity index (χ0) is 13.6. The Morgan fingerprint density at radius 2 is 2.21 bits per heavy atom. The van der Waals surface area contributed by atoms with Crippen molar-refractivity contribution in [1.82, 2.24) is 14.6 Å². The molecule has 2 heterocycles. The van der Waals surface area contributed by atoms with Crippen LogP contribution >= 0.6 is 33.9 Å². The van der Waals surface area contributed by atoms with Crippen LogP contribution in [0, 0.1) is 3.70 Å². The average Bonchev–Trinajstić information content (AvgIpc) is 2.85. The van der Waals surface area contributed by atoms with Crippen molar-refractivity contribution >= 4 is 44.0 Å². The van der Waals surface area contributed by atoms with Gasteiger partial charge in [0.15, 0.2) is 0 Å². The Balaban J connectivity index is 1.76. The maximum Gasteiger partial charge on any atom is 0.214 e. The molecule has 0 spiro atoms. The minimum absolute atomic E-state index is 0.468. The molecule has 1 saturated carbocycles. The maximum atomic E-state index is 10.0. The molecular weight excluding hydrogens is 375 g/mol. The van der Waals surface area contributed by atoms with Crippen molar-refractivity contribution in [2.24, 2.45) is 0 Å². The van der Waals surface area contributed by atoms with E-state index in [0.29, 0.717) is 6.04 Å². The van der Waals surface area contributed by atoms with Crippen LogP contribution in [0.3, 0.4) is 0 Å². The molecule has 2 aromatic heterocycles. The Labute approximate surface area is 129 Å². The van der Waals surface area contributed by atoms with Gasteiger partial charge in [-0.3, -0.25) is 0 Å². The Morgan fingerprint density at radius 3 is 2.84 bits per heavy atom. The van der Waals surface area contributed by atoms with E-state index in [-0.39, 0.29) is 0 Å². The first-order chi connectivity index (χ1) is 8.94. The van der Waals surface area contributed by atoms with Crippen molar-refractivity contribution in [3.63, 3.8) is 0 Å². The first-order valence-electron chi connectivity index (χ1n) is 6.41. The predicted molar refractivity (Wildman–Crippen MR) is 84.9 cm³/mol. The van der Waals surface area contributed by atoms with Gasteiger partial charge in [-0.1, -0.05) is 11.3 Å². The Bertz CT molecular complexity index is 552. The first kappa shape index (κ1) is 13.6. The number of hydrogen-bond donors (Lipinski definition) is 1. The van der Waals surface area contributed by atoms with Gasteiger partial charge in [0.1, 0.15) is 3.70 Å². The molecule has 2 aromatic rings. The van der Waals surface area contributed by atoms with E-state index in [1.54, 1.807) is 11.3 Å². The molecule has 0 unspecified atom stereocenters. The monoisotopic (exact) mass is 392 g/mol. The molecule has 0 amide bonds. The van der Waals surface area contributed by atoms with E-state index in [4.69, 9.17) is 0 Å². The fourth-order valence-corrected chi connectivity index (χ4v) is 4.15. The molecule has 5 nitrogen and oxygen atoms in total. The van der Waals surface area contributed by atoms with Crippen LogP contribution in [0.4, 0.5) is 5.13 Å². The molecule has 104 valence electrons. The van der Waals surface area contributed by atoms with Crippen LogP contribution in [0.5, 0.6) is 0 Å². The topological polar surface area (TPSA) is 53.7 Å². The minimum Gasteiger partial charge on any atom is -0.390 e.